The lowest BCUT2D eigenvalue weighted by Crippen LogP contribution is -2.41. The minimum absolute atomic E-state index is 0.0699. The van der Waals surface area contributed by atoms with Crippen molar-refractivity contribution in [3.05, 3.63) is 28.2 Å². The van der Waals surface area contributed by atoms with Gasteiger partial charge in [0, 0.05) is 25.4 Å². The number of aromatic nitrogens is 1. The Kier molecular flexibility index (Phi) is 4.82. The lowest BCUT2D eigenvalue weighted by molar-refractivity contribution is -0.134. The second kappa shape index (κ2) is 6.59. The lowest BCUT2D eigenvalue weighted by Gasteiger charge is -2.31. The number of aromatic amines is 1. The van der Waals surface area contributed by atoms with E-state index in [9.17, 15) is 9.59 Å². The van der Waals surface area contributed by atoms with E-state index in [1.807, 2.05) is 7.05 Å². The van der Waals surface area contributed by atoms with Gasteiger partial charge in [0.2, 0.25) is 5.43 Å². The van der Waals surface area contributed by atoms with E-state index < -0.39 is 0 Å². The van der Waals surface area contributed by atoms with Crippen LogP contribution in [0.15, 0.2) is 17.1 Å². The highest BCUT2D eigenvalue weighted by molar-refractivity contribution is 5.77. The van der Waals surface area contributed by atoms with Crippen LogP contribution in [0.1, 0.15) is 37.8 Å². The molecule has 0 aromatic carbocycles. The molecule has 1 aliphatic rings. The number of amides is 1. The molecule has 1 aliphatic carbocycles. The maximum Gasteiger partial charge on any atom is 0.260 e. The second-order valence-corrected chi connectivity index (χ2v) is 5.38. The Morgan fingerprint density at radius 3 is 2.75 bits per heavy atom. The minimum Gasteiger partial charge on any atom is -0.478 e. The number of carbonyl (C=O) groups is 1. The first-order chi connectivity index (χ1) is 9.59. The highest BCUT2D eigenvalue weighted by Gasteiger charge is 2.22. The van der Waals surface area contributed by atoms with Crippen LogP contribution in [0.5, 0.6) is 5.75 Å². The molecule has 110 valence electrons. The van der Waals surface area contributed by atoms with Gasteiger partial charge < -0.3 is 14.6 Å². The summed E-state index contributed by atoms with van der Waals surface area (Å²) in [6, 6.07) is 1.72. The van der Waals surface area contributed by atoms with Gasteiger partial charge in [0.05, 0.1) is 5.69 Å². The van der Waals surface area contributed by atoms with Crippen LogP contribution in [0.2, 0.25) is 0 Å². The number of ether oxygens (including phenoxy) is 1. The molecule has 1 aromatic rings. The van der Waals surface area contributed by atoms with Crippen molar-refractivity contribution in [2.24, 2.45) is 0 Å². The van der Waals surface area contributed by atoms with Gasteiger partial charge >= 0.3 is 0 Å². The van der Waals surface area contributed by atoms with E-state index in [0.717, 1.165) is 12.8 Å². The predicted molar refractivity (Wildman–Crippen MR) is 76.9 cm³/mol. The number of nitrogens with one attached hydrogen (secondary N) is 1. The first-order valence-corrected chi connectivity index (χ1v) is 7.16. The van der Waals surface area contributed by atoms with E-state index in [2.05, 4.69) is 4.98 Å². The monoisotopic (exact) mass is 278 g/mol. The van der Waals surface area contributed by atoms with E-state index in [1.54, 1.807) is 18.0 Å². The molecule has 0 saturated heterocycles. The van der Waals surface area contributed by atoms with Crippen LogP contribution in [-0.2, 0) is 4.79 Å². The summed E-state index contributed by atoms with van der Waals surface area (Å²) in [6.07, 6.45) is 7.32. The number of likely N-dealkylation sites (N-methyl/N-ethyl adjacent to an activating group) is 1. The van der Waals surface area contributed by atoms with E-state index in [0.29, 0.717) is 11.7 Å². The number of nitrogens with zero attached hydrogens (tertiary/aromatic N) is 1. The Bertz CT molecular complexity index is 518. The summed E-state index contributed by atoms with van der Waals surface area (Å²) in [5.41, 5.74) is 0.444. The number of rotatable bonds is 4. The van der Waals surface area contributed by atoms with Crippen molar-refractivity contribution in [3.63, 3.8) is 0 Å². The van der Waals surface area contributed by atoms with Crippen molar-refractivity contribution in [3.8, 4) is 5.75 Å². The van der Waals surface area contributed by atoms with Gasteiger partial charge in [-0.2, -0.15) is 0 Å². The average Bonchev–Trinajstić information content (AvgIpc) is 2.46. The molecule has 0 radical (unpaired) electrons. The van der Waals surface area contributed by atoms with E-state index >= 15 is 0 Å². The topological polar surface area (TPSA) is 62.4 Å². The molecule has 1 aromatic heterocycles. The third-order valence-electron chi connectivity index (χ3n) is 3.95. The molecule has 1 N–H and O–H groups in total. The van der Waals surface area contributed by atoms with Gasteiger partial charge in [-0.1, -0.05) is 19.3 Å². The van der Waals surface area contributed by atoms with Gasteiger partial charge in [0.15, 0.2) is 12.4 Å². The Hall–Kier alpha value is -1.78. The number of carbonyl (C=O) groups excluding carboxylic acids is 1. The third-order valence-corrected chi connectivity index (χ3v) is 3.95. The molecular formula is C15H22N2O3. The smallest absolute Gasteiger partial charge is 0.260 e. The molecule has 0 bridgehead atoms. The largest absolute Gasteiger partial charge is 0.478 e. The maximum absolute atomic E-state index is 12.1. The standard InChI is InChI=1S/C15H22N2O3/c1-11-15(13(18)8-9-16-11)20-10-14(19)17(2)12-6-4-3-5-7-12/h8-9,12H,3-7,10H2,1-2H3,(H,16,18). The van der Waals surface area contributed by atoms with Crippen molar-refractivity contribution in [2.45, 2.75) is 45.1 Å². The molecule has 0 unspecified atom stereocenters. The Balaban J connectivity index is 1.93. The van der Waals surface area contributed by atoms with Crippen LogP contribution >= 0.6 is 0 Å². The summed E-state index contributed by atoms with van der Waals surface area (Å²) in [5.74, 6) is 0.164. The van der Waals surface area contributed by atoms with E-state index in [1.165, 1.54) is 25.3 Å². The van der Waals surface area contributed by atoms with Gasteiger partial charge in [-0.25, -0.2) is 0 Å². The average molecular weight is 278 g/mol. The summed E-state index contributed by atoms with van der Waals surface area (Å²) < 4.78 is 5.41. The summed E-state index contributed by atoms with van der Waals surface area (Å²) in [7, 11) is 1.82. The lowest BCUT2D eigenvalue weighted by atomic mass is 9.94. The quantitative estimate of drug-likeness (QED) is 0.914. The zero-order valence-electron chi connectivity index (χ0n) is 12.1. The summed E-state index contributed by atoms with van der Waals surface area (Å²) in [5, 5.41) is 0. The SMILES string of the molecule is Cc1[nH]ccc(=O)c1OCC(=O)N(C)C1CCCCC1. The fourth-order valence-corrected chi connectivity index (χ4v) is 2.66. The van der Waals surface area contributed by atoms with Crippen LogP contribution in [-0.4, -0.2) is 35.5 Å². The van der Waals surface area contributed by atoms with Gasteiger partial charge in [0.25, 0.3) is 5.91 Å². The van der Waals surface area contributed by atoms with Gasteiger partial charge in [-0.05, 0) is 19.8 Å². The minimum atomic E-state index is -0.200. The van der Waals surface area contributed by atoms with E-state index in [4.69, 9.17) is 4.74 Å². The van der Waals surface area contributed by atoms with Crippen molar-refractivity contribution < 1.29 is 9.53 Å². The predicted octanol–water partition coefficient (Wildman–Crippen LogP) is 1.85. The first kappa shape index (κ1) is 14.6. The van der Waals surface area contributed by atoms with Crippen molar-refractivity contribution >= 4 is 5.91 Å². The normalized spacial score (nSPS) is 15.9. The summed E-state index contributed by atoms with van der Waals surface area (Å²) in [6.45, 7) is 1.67. The summed E-state index contributed by atoms with van der Waals surface area (Å²) >= 11 is 0. The fraction of sp³-hybridized carbons (Fsp3) is 0.600. The molecule has 5 heteroatoms. The third kappa shape index (κ3) is 3.40. The van der Waals surface area contributed by atoms with Crippen molar-refractivity contribution in [1.82, 2.24) is 9.88 Å². The molecule has 0 spiro atoms. The van der Waals surface area contributed by atoms with Crippen LogP contribution < -0.4 is 10.2 Å². The highest BCUT2D eigenvalue weighted by Crippen LogP contribution is 2.21. The Morgan fingerprint density at radius 1 is 1.40 bits per heavy atom. The summed E-state index contributed by atoms with van der Waals surface area (Å²) in [4.78, 5) is 28.5. The van der Waals surface area contributed by atoms with Crippen LogP contribution in [0.25, 0.3) is 0 Å². The molecule has 1 amide bonds. The highest BCUT2D eigenvalue weighted by atomic mass is 16.5. The van der Waals surface area contributed by atoms with Crippen LogP contribution in [0.4, 0.5) is 0 Å². The molecule has 1 saturated carbocycles. The molecule has 0 atom stereocenters. The molecule has 2 rings (SSSR count). The molecule has 1 fully saturated rings. The molecule has 1 heterocycles. The van der Waals surface area contributed by atoms with E-state index in [-0.39, 0.29) is 23.7 Å². The van der Waals surface area contributed by atoms with Gasteiger partial charge in [-0.3, -0.25) is 9.59 Å². The fourth-order valence-electron chi connectivity index (χ4n) is 2.66. The molecule has 5 nitrogen and oxygen atoms in total. The molecule has 20 heavy (non-hydrogen) atoms. The maximum atomic E-state index is 12.1. The van der Waals surface area contributed by atoms with Crippen molar-refractivity contribution in [2.75, 3.05) is 13.7 Å². The number of pyridine rings is 1. The van der Waals surface area contributed by atoms with Gasteiger partial charge in [0.1, 0.15) is 0 Å². The van der Waals surface area contributed by atoms with Gasteiger partial charge in [-0.15, -0.1) is 0 Å². The van der Waals surface area contributed by atoms with Crippen molar-refractivity contribution in [1.29, 1.82) is 0 Å². The number of hydrogen-bond donors (Lipinski definition) is 1. The Labute approximate surface area is 118 Å². The number of hydrogen-bond acceptors (Lipinski definition) is 3. The number of H-pyrrole nitrogens is 1. The first-order valence-electron chi connectivity index (χ1n) is 7.16. The second-order valence-electron chi connectivity index (χ2n) is 5.38. The Morgan fingerprint density at radius 2 is 2.10 bits per heavy atom. The van der Waals surface area contributed by atoms with Crippen LogP contribution in [0, 0.1) is 6.92 Å². The zero-order valence-corrected chi connectivity index (χ0v) is 12.1. The molecular weight excluding hydrogens is 256 g/mol. The zero-order chi connectivity index (χ0) is 14.5. The molecule has 0 aliphatic heterocycles. The van der Waals surface area contributed by atoms with Crippen LogP contribution in [0.3, 0.4) is 0 Å². The number of aryl methyl sites for hydroxylation is 1.